The molecule has 1 amide bonds. The molecule has 0 bridgehead atoms. The molecule has 2 fully saturated rings. The molecule has 0 atom stereocenters. The molecule has 0 aliphatic carbocycles. The molecule has 7 nitrogen and oxygen atoms in total. The van der Waals surface area contributed by atoms with Gasteiger partial charge in [0, 0.05) is 44.3 Å². The molecular weight excluding hydrogens is 368 g/mol. The Morgan fingerprint density at radius 2 is 1.86 bits per heavy atom. The fraction of sp³-hybridized carbons (Fsp3) is 0.773. The van der Waals surface area contributed by atoms with Crippen molar-refractivity contribution in [3.8, 4) is 0 Å². The van der Waals surface area contributed by atoms with E-state index >= 15 is 0 Å². The highest BCUT2D eigenvalue weighted by Gasteiger charge is 2.28. The van der Waals surface area contributed by atoms with Crippen molar-refractivity contribution in [2.45, 2.75) is 51.6 Å². The predicted molar refractivity (Wildman–Crippen MR) is 112 cm³/mol. The van der Waals surface area contributed by atoms with Gasteiger partial charge in [0.1, 0.15) is 5.82 Å². The molecule has 2 aliphatic rings. The van der Waals surface area contributed by atoms with E-state index in [1.165, 1.54) is 0 Å². The van der Waals surface area contributed by atoms with Gasteiger partial charge in [0.25, 0.3) is 0 Å². The summed E-state index contributed by atoms with van der Waals surface area (Å²) >= 11 is 0. The second-order valence-corrected chi connectivity index (χ2v) is 8.48. The van der Waals surface area contributed by atoms with E-state index in [2.05, 4.69) is 21.8 Å². The van der Waals surface area contributed by atoms with Crippen LogP contribution in [0.2, 0.25) is 0 Å². The zero-order valence-electron chi connectivity index (χ0n) is 18.2. The summed E-state index contributed by atoms with van der Waals surface area (Å²) in [5.41, 5.74) is 2.15. The smallest absolute Gasteiger partial charge is 0.222 e. The highest BCUT2D eigenvalue weighted by atomic mass is 16.5. The summed E-state index contributed by atoms with van der Waals surface area (Å²) in [5, 5.41) is 0. The first-order valence-corrected chi connectivity index (χ1v) is 10.9. The van der Waals surface area contributed by atoms with Crippen LogP contribution in [0.15, 0.2) is 6.20 Å². The lowest BCUT2D eigenvalue weighted by atomic mass is 9.89. The molecule has 3 rings (SSSR count). The van der Waals surface area contributed by atoms with Gasteiger partial charge in [0.15, 0.2) is 0 Å². The Hall–Kier alpha value is -1.57. The quantitative estimate of drug-likeness (QED) is 0.620. The fourth-order valence-electron chi connectivity index (χ4n) is 4.35. The number of piperidine rings is 2. The monoisotopic (exact) mass is 404 g/mol. The maximum atomic E-state index is 12.8. The van der Waals surface area contributed by atoms with E-state index in [1.54, 1.807) is 7.11 Å². The van der Waals surface area contributed by atoms with Gasteiger partial charge in [0.2, 0.25) is 5.91 Å². The van der Waals surface area contributed by atoms with Crippen molar-refractivity contribution < 1.29 is 14.3 Å². The van der Waals surface area contributed by atoms with Crippen molar-refractivity contribution in [2.24, 2.45) is 5.92 Å². The van der Waals surface area contributed by atoms with E-state index in [0.29, 0.717) is 44.0 Å². The minimum Gasteiger partial charge on any atom is -0.382 e. The minimum absolute atomic E-state index is 0.333. The number of rotatable bonds is 8. The Bertz CT molecular complexity index is 653. The average Bonchev–Trinajstić information content (AvgIpc) is 2.74. The molecule has 0 N–H and O–H groups in total. The lowest BCUT2D eigenvalue weighted by Crippen LogP contribution is -2.40. The number of likely N-dealkylation sites (tertiary alicyclic amines) is 2. The SMILES string of the molecule is COCCOCc1cnc(C)nc1C1CCN(C(=O)CC2CCN(C)CC2)CC1. The van der Waals surface area contributed by atoms with Gasteiger partial charge < -0.3 is 19.3 Å². The van der Waals surface area contributed by atoms with Crippen molar-refractivity contribution in [3.63, 3.8) is 0 Å². The van der Waals surface area contributed by atoms with Gasteiger partial charge in [-0.15, -0.1) is 0 Å². The van der Waals surface area contributed by atoms with Gasteiger partial charge in [0.05, 0.1) is 25.5 Å². The van der Waals surface area contributed by atoms with Crippen molar-refractivity contribution in [1.82, 2.24) is 19.8 Å². The summed E-state index contributed by atoms with van der Waals surface area (Å²) in [6, 6.07) is 0. The van der Waals surface area contributed by atoms with E-state index in [-0.39, 0.29) is 0 Å². The van der Waals surface area contributed by atoms with Crippen LogP contribution >= 0.6 is 0 Å². The van der Waals surface area contributed by atoms with Gasteiger partial charge in [-0.1, -0.05) is 0 Å². The number of aromatic nitrogens is 2. The summed E-state index contributed by atoms with van der Waals surface area (Å²) in [6.07, 6.45) is 6.81. The van der Waals surface area contributed by atoms with Crippen molar-refractivity contribution in [3.05, 3.63) is 23.3 Å². The third kappa shape index (κ3) is 6.46. The summed E-state index contributed by atoms with van der Waals surface area (Å²) in [5.74, 6) is 2.04. The predicted octanol–water partition coefficient (Wildman–Crippen LogP) is 2.39. The van der Waals surface area contributed by atoms with E-state index in [0.717, 1.165) is 68.9 Å². The van der Waals surface area contributed by atoms with Gasteiger partial charge >= 0.3 is 0 Å². The molecule has 0 unspecified atom stereocenters. The van der Waals surface area contributed by atoms with Gasteiger partial charge in [-0.3, -0.25) is 4.79 Å². The Labute approximate surface area is 174 Å². The number of carbonyl (C=O) groups excluding carboxylic acids is 1. The average molecular weight is 405 g/mol. The minimum atomic E-state index is 0.333. The highest BCUT2D eigenvalue weighted by molar-refractivity contribution is 5.76. The molecule has 0 aromatic carbocycles. The zero-order chi connectivity index (χ0) is 20.6. The van der Waals surface area contributed by atoms with Crippen LogP contribution in [0, 0.1) is 12.8 Å². The first-order chi connectivity index (χ1) is 14.1. The molecule has 29 heavy (non-hydrogen) atoms. The van der Waals surface area contributed by atoms with Crippen LogP contribution in [0.3, 0.4) is 0 Å². The van der Waals surface area contributed by atoms with Crippen LogP contribution in [-0.4, -0.2) is 79.2 Å². The molecule has 7 heteroatoms. The van der Waals surface area contributed by atoms with Crippen molar-refractivity contribution in [2.75, 3.05) is 53.6 Å². The number of methoxy groups -OCH3 is 1. The topological polar surface area (TPSA) is 67.8 Å². The molecule has 0 saturated carbocycles. The summed E-state index contributed by atoms with van der Waals surface area (Å²) in [6.45, 7) is 7.46. The molecule has 2 saturated heterocycles. The van der Waals surface area contributed by atoms with Crippen LogP contribution in [0.1, 0.15) is 55.1 Å². The van der Waals surface area contributed by atoms with Crippen LogP contribution in [-0.2, 0) is 20.9 Å². The second kappa shape index (κ2) is 11.0. The zero-order valence-corrected chi connectivity index (χ0v) is 18.2. The number of amides is 1. The van der Waals surface area contributed by atoms with E-state index in [9.17, 15) is 4.79 Å². The molecule has 1 aromatic heterocycles. The highest BCUT2D eigenvalue weighted by Crippen LogP contribution is 2.30. The standard InChI is InChI=1S/C22H36N4O3/c1-17-23-15-20(16-29-13-12-28-3)22(24-17)19-6-10-26(11-7-19)21(27)14-18-4-8-25(2)9-5-18/h15,18-19H,4-14,16H2,1-3H3. The van der Waals surface area contributed by atoms with Gasteiger partial charge in [-0.05, 0) is 58.7 Å². The molecular formula is C22H36N4O3. The normalized spacial score (nSPS) is 19.6. The molecule has 2 aliphatic heterocycles. The summed E-state index contributed by atoms with van der Waals surface area (Å²) < 4.78 is 10.8. The van der Waals surface area contributed by atoms with Crippen molar-refractivity contribution in [1.29, 1.82) is 0 Å². The van der Waals surface area contributed by atoms with E-state index < -0.39 is 0 Å². The summed E-state index contributed by atoms with van der Waals surface area (Å²) in [7, 11) is 3.83. The molecule has 1 aromatic rings. The first kappa shape index (κ1) is 22.1. The maximum absolute atomic E-state index is 12.8. The number of hydrogen-bond acceptors (Lipinski definition) is 6. The van der Waals surface area contributed by atoms with Crippen molar-refractivity contribution >= 4 is 5.91 Å². The van der Waals surface area contributed by atoms with Gasteiger partial charge in [-0.25, -0.2) is 9.97 Å². The molecule has 0 radical (unpaired) electrons. The maximum Gasteiger partial charge on any atom is 0.222 e. The van der Waals surface area contributed by atoms with E-state index in [4.69, 9.17) is 14.5 Å². The summed E-state index contributed by atoms with van der Waals surface area (Å²) in [4.78, 5) is 26.3. The lowest BCUT2D eigenvalue weighted by molar-refractivity contribution is -0.133. The number of aryl methyl sites for hydroxylation is 1. The molecule has 162 valence electrons. The Morgan fingerprint density at radius 3 is 2.55 bits per heavy atom. The van der Waals surface area contributed by atoms with Crippen LogP contribution in [0.5, 0.6) is 0 Å². The largest absolute Gasteiger partial charge is 0.382 e. The van der Waals surface area contributed by atoms with E-state index in [1.807, 2.05) is 13.1 Å². The second-order valence-electron chi connectivity index (χ2n) is 8.48. The van der Waals surface area contributed by atoms with Crippen LogP contribution in [0.25, 0.3) is 0 Å². The Morgan fingerprint density at radius 1 is 1.14 bits per heavy atom. The van der Waals surface area contributed by atoms with Crippen LogP contribution < -0.4 is 0 Å². The molecule has 0 spiro atoms. The Balaban J connectivity index is 1.52. The number of nitrogens with zero attached hydrogens (tertiary/aromatic N) is 4. The lowest BCUT2D eigenvalue weighted by Gasteiger charge is -2.34. The third-order valence-electron chi connectivity index (χ3n) is 6.24. The number of carbonyl (C=O) groups is 1. The molecule has 3 heterocycles. The Kier molecular flexibility index (Phi) is 8.39. The number of ether oxygens (including phenoxy) is 2. The third-order valence-corrected chi connectivity index (χ3v) is 6.24. The first-order valence-electron chi connectivity index (χ1n) is 10.9. The van der Waals surface area contributed by atoms with Gasteiger partial charge in [-0.2, -0.15) is 0 Å². The van der Waals surface area contributed by atoms with Crippen LogP contribution in [0.4, 0.5) is 0 Å². The number of hydrogen-bond donors (Lipinski definition) is 0. The fourth-order valence-corrected chi connectivity index (χ4v) is 4.35.